The van der Waals surface area contributed by atoms with E-state index in [1.54, 1.807) is 5.38 Å². The van der Waals surface area contributed by atoms with E-state index in [1.807, 2.05) is 23.6 Å². The van der Waals surface area contributed by atoms with Crippen LogP contribution in [0.25, 0.3) is 0 Å². The van der Waals surface area contributed by atoms with Crippen molar-refractivity contribution in [1.82, 2.24) is 19.7 Å². The van der Waals surface area contributed by atoms with Crippen LogP contribution in [0, 0.1) is 0 Å². The van der Waals surface area contributed by atoms with Gasteiger partial charge in [0.15, 0.2) is 0 Å². The van der Waals surface area contributed by atoms with Crippen LogP contribution in [-0.4, -0.2) is 77.3 Å². The lowest BCUT2D eigenvalue weighted by atomic mass is 10.3. The third kappa shape index (κ3) is 6.66. The van der Waals surface area contributed by atoms with Crippen LogP contribution < -0.4 is 5.73 Å². The molecule has 0 aromatic carbocycles. The van der Waals surface area contributed by atoms with Gasteiger partial charge >= 0.3 is 0 Å². The molecule has 0 aliphatic carbocycles. The molecule has 2 amide bonds. The number of hydrogen-bond acceptors (Lipinski definition) is 6. The van der Waals surface area contributed by atoms with Gasteiger partial charge in [-0.25, -0.2) is 4.98 Å². The number of carbonyl (C=O) groups excluding carboxylic acids is 2. The highest BCUT2D eigenvalue weighted by atomic mass is 35.5. The third-order valence-corrected chi connectivity index (χ3v) is 5.17. The quantitative estimate of drug-likeness (QED) is 0.745. The molecule has 7 nitrogen and oxygen atoms in total. The fourth-order valence-corrected chi connectivity index (χ4v) is 3.51. The van der Waals surface area contributed by atoms with Crippen molar-refractivity contribution in [3.05, 3.63) is 16.1 Å². The molecule has 2 heterocycles. The summed E-state index contributed by atoms with van der Waals surface area (Å²) in [6, 6.07) is 0. The van der Waals surface area contributed by atoms with Crippen molar-refractivity contribution in [1.29, 1.82) is 0 Å². The summed E-state index contributed by atoms with van der Waals surface area (Å²) in [4.78, 5) is 34.9. The van der Waals surface area contributed by atoms with E-state index < -0.39 is 0 Å². The number of amides is 2. The molecule has 0 atom stereocenters. The lowest BCUT2D eigenvalue weighted by molar-refractivity contribution is -0.132. The summed E-state index contributed by atoms with van der Waals surface area (Å²) in [7, 11) is 0. The molecule has 0 unspecified atom stereocenters. The Morgan fingerprint density at radius 2 is 1.88 bits per heavy atom. The van der Waals surface area contributed by atoms with Gasteiger partial charge < -0.3 is 15.5 Å². The molecular formula is C16H29Cl2N5O2S. The lowest BCUT2D eigenvalue weighted by Crippen LogP contribution is -2.42. The average molecular weight is 426 g/mol. The van der Waals surface area contributed by atoms with Crippen molar-refractivity contribution in [3.63, 3.8) is 0 Å². The van der Waals surface area contributed by atoms with E-state index in [0.29, 0.717) is 38.4 Å². The molecule has 1 aromatic rings. The normalized spacial score (nSPS) is 14.8. The molecule has 150 valence electrons. The first-order valence-electron chi connectivity index (χ1n) is 8.52. The minimum absolute atomic E-state index is 0. The van der Waals surface area contributed by atoms with Gasteiger partial charge in [0.2, 0.25) is 5.91 Å². The molecule has 1 fully saturated rings. The van der Waals surface area contributed by atoms with Gasteiger partial charge in [-0.3, -0.25) is 14.5 Å². The Balaban J connectivity index is 0.00000312. The van der Waals surface area contributed by atoms with E-state index in [4.69, 9.17) is 5.73 Å². The number of carbonyl (C=O) groups is 2. The minimum Gasteiger partial charge on any atom is -0.342 e. The zero-order valence-corrected chi connectivity index (χ0v) is 17.8. The molecule has 1 aliphatic rings. The van der Waals surface area contributed by atoms with Gasteiger partial charge in [0, 0.05) is 51.2 Å². The van der Waals surface area contributed by atoms with Crippen molar-refractivity contribution in [3.8, 4) is 0 Å². The molecule has 1 aliphatic heterocycles. The Bertz CT molecular complexity index is 569. The summed E-state index contributed by atoms with van der Waals surface area (Å²) in [6.07, 6.45) is 0.866. The van der Waals surface area contributed by atoms with Crippen molar-refractivity contribution < 1.29 is 9.59 Å². The van der Waals surface area contributed by atoms with Crippen LogP contribution in [0.1, 0.15) is 35.8 Å². The molecule has 0 radical (unpaired) electrons. The van der Waals surface area contributed by atoms with Gasteiger partial charge in [0.25, 0.3) is 5.91 Å². The van der Waals surface area contributed by atoms with Crippen LogP contribution in [0.3, 0.4) is 0 Å². The number of aromatic nitrogens is 1. The van der Waals surface area contributed by atoms with Crippen LogP contribution in [0.15, 0.2) is 5.38 Å². The summed E-state index contributed by atoms with van der Waals surface area (Å²) in [6.45, 7) is 9.12. The van der Waals surface area contributed by atoms with Crippen molar-refractivity contribution >= 4 is 48.0 Å². The first-order valence-corrected chi connectivity index (χ1v) is 9.40. The van der Waals surface area contributed by atoms with Gasteiger partial charge in [-0.05, 0) is 20.3 Å². The molecular weight excluding hydrogens is 397 g/mol. The molecule has 0 saturated carbocycles. The first-order chi connectivity index (χ1) is 11.6. The maximum Gasteiger partial charge on any atom is 0.273 e. The Morgan fingerprint density at radius 1 is 1.19 bits per heavy atom. The number of thiazole rings is 1. The number of likely N-dealkylation sites (N-methyl/N-ethyl adjacent to an activating group) is 1. The molecule has 2 N–H and O–H groups in total. The Hall–Kier alpha value is -0.930. The Labute approximate surface area is 171 Å². The van der Waals surface area contributed by atoms with E-state index >= 15 is 0 Å². The van der Waals surface area contributed by atoms with E-state index in [0.717, 1.165) is 31.1 Å². The molecule has 0 bridgehead atoms. The van der Waals surface area contributed by atoms with E-state index in [2.05, 4.69) is 9.88 Å². The van der Waals surface area contributed by atoms with Crippen LogP contribution in [0.5, 0.6) is 0 Å². The third-order valence-electron chi connectivity index (χ3n) is 4.30. The van der Waals surface area contributed by atoms with Crippen molar-refractivity contribution in [2.24, 2.45) is 5.73 Å². The topological polar surface area (TPSA) is 82.8 Å². The number of rotatable bonds is 6. The fraction of sp³-hybridized carbons (Fsp3) is 0.688. The standard InChI is InChI=1S/C16H27N5O2S.2ClH/c1-3-20(4-2)15(22)11-19-6-5-7-21(9-8-19)16(23)13-12-24-14(10-17)18-13;;/h12H,3-11,17H2,1-2H3;2*1H. The van der Waals surface area contributed by atoms with Crippen molar-refractivity contribution in [2.75, 3.05) is 45.8 Å². The summed E-state index contributed by atoms with van der Waals surface area (Å²) in [5.41, 5.74) is 6.04. The van der Waals surface area contributed by atoms with E-state index in [-0.39, 0.29) is 36.6 Å². The Morgan fingerprint density at radius 3 is 2.46 bits per heavy atom. The average Bonchev–Trinajstić information content (AvgIpc) is 2.95. The predicted octanol–water partition coefficient (Wildman–Crippen LogP) is 1.46. The van der Waals surface area contributed by atoms with Gasteiger partial charge in [-0.2, -0.15) is 0 Å². The lowest BCUT2D eigenvalue weighted by Gasteiger charge is -2.25. The first kappa shape index (κ1) is 25.1. The van der Waals surface area contributed by atoms with Crippen LogP contribution >= 0.6 is 36.2 Å². The number of halogens is 2. The van der Waals surface area contributed by atoms with E-state index in [1.165, 1.54) is 11.3 Å². The number of hydrogen-bond donors (Lipinski definition) is 1. The Kier molecular flexibility index (Phi) is 12.0. The second kappa shape index (κ2) is 12.5. The maximum atomic E-state index is 12.5. The zero-order valence-electron chi connectivity index (χ0n) is 15.3. The largest absolute Gasteiger partial charge is 0.342 e. The summed E-state index contributed by atoms with van der Waals surface area (Å²) in [5, 5.41) is 2.55. The highest BCUT2D eigenvalue weighted by molar-refractivity contribution is 7.09. The van der Waals surface area contributed by atoms with Gasteiger partial charge in [-0.15, -0.1) is 36.2 Å². The fourth-order valence-electron chi connectivity index (χ4n) is 2.86. The highest BCUT2D eigenvalue weighted by Crippen LogP contribution is 2.13. The monoisotopic (exact) mass is 425 g/mol. The van der Waals surface area contributed by atoms with Crippen LogP contribution in [0.4, 0.5) is 0 Å². The molecule has 1 saturated heterocycles. The molecule has 26 heavy (non-hydrogen) atoms. The highest BCUT2D eigenvalue weighted by Gasteiger charge is 2.23. The smallest absolute Gasteiger partial charge is 0.273 e. The van der Waals surface area contributed by atoms with Gasteiger partial charge in [0.05, 0.1) is 6.54 Å². The van der Waals surface area contributed by atoms with Crippen LogP contribution in [-0.2, 0) is 11.3 Å². The predicted molar refractivity (Wildman–Crippen MR) is 109 cm³/mol. The SMILES string of the molecule is CCN(CC)C(=O)CN1CCCN(C(=O)c2csc(CN)n2)CC1.Cl.Cl. The second-order valence-corrected chi connectivity index (χ2v) is 6.76. The maximum absolute atomic E-state index is 12.5. The summed E-state index contributed by atoms with van der Waals surface area (Å²) < 4.78 is 0. The molecule has 1 aromatic heterocycles. The summed E-state index contributed by atoms with van der Waals surface area (Å²) in [5.74, 6) is 0.120. The number of nitrogens with zero attached hydrogens (tertiary/aromatic N) is 4. The molecule has 2 rings (SSSR count). The summed E-state index contributed by atoms with van der Waals surface area (Å²) >= 11 is 1.42. The zero-order chi connectivity index (χ0) is 17.5. The van der Waals surface area contributed by atoms with Crippen molar-refractivity contribution in [2.45, 2.75) is 26.8 Å². The number of nitrogens with two attached hydrogens (primary N) is 1. The van der Waals surface area contributed by atoms with Gasteiger partial charge in [0.1, 0.15) is 10.7 Å². The second-order valence-electron chi connectivity index (χ2n) is 5.82. The molecule has 10 heteroatoms. The van der Waals surface area contributed by atoms with Gasteiger partial charge in [-0.1, -0.05) is 0 Å². The minimum atomic E-state index is -0.0390. The van der Waals surface area contributed by atoms with E-state index in [9.17, 15) is 9.59 Å². The molecule has 0 spiro atoms. The van der Waals surface area contributed by atoms with Crippen LogP contribution in [0.2, 0.25) is 0 Å².